The second-order valence-corrected chi connectivity index (χ2v) is 4.36. The van der Waals surface area contributed by atoms with Crippen molar-refractivity contribution < 1.29 is 9.90 Å². The molecule has 3 atom stereocenters. The first-order valence-corrected chi connectivity index (χ1v) is 5.42. The molecule has 0 spiro atoms. The summed E-state index contributed by atoms with van der Waals surface area (Å²) in [7, 11) is 0. The highest BCUT2D eigenvalue weighted by Crippen LogP contribution is 2.41. The lowest BCUT2D eigenvalue weighted by atomic mass is 9.89. The van der Waals surface area contributed by atoms with Crippen LogP contribution in [0.4, 0.5) is 0 Å². The van der Waals surface area contributed by atoms with Crippen molar-refractivity contribution >= 4 is 5.97 Å². The molecule has 3 unspecified atom stereocenters. The number of nitrogens with zero attached hydrogens (tertiary/aromatic N) is 1. The van der Waals surface area contributed by atoms with Crippen molar-refractivity contribution in [1.82, 2.24) is 4.90 Å². The quantitative estimate of drug-likeness (QED) is 0.680. The summed E-state index contributed by atoms with van der Waals surface area (Å²) < 4.78 is 0. The highest BCUT2D eigenvalue weighted by atomic mass is 16.4. The SMILES string of the molecule is NCCCN1C2CCC1C(C(=O)O)C2. The maximum absolute atomic E-state index is 11.0. The van der Waals surface area contributed by atoms with Gasteiger partial charge in [-0.25, -0.2) is 0 Å². The minimum atomic E-state index is -0.616. The summed E-state index contributed by atoms with van der Waals surface area (Å²) in [6, 6.07) is 0.816. The molecular weight excluding hydrogens is 180 g/mol. The molecule has 14 heavy (non-hydrogen) atoms. The Morgan fingerprint density at radius 1 is 1.50 bits per heavy atom. The van der Waals surface area contributed by atoms with Gasteiger partial charge < -0.3 is 10.8 Å². The first-order valence-electron chi connectivity index (χ1n) is 5.42. The molecule has 0 saturated carbocycles. The molecule has 4 heteroatoms. The van der Waals surface area contributed by atoms with Crippen LogP contribution in [0.25, 0.3) is 0 Å². The Bertz CT molecular complexity index is 232. The minimum absolute atomic E-state index is 0.119. The van der Waals surface area contributed by atoms with E-state index in [1.807, 2.05) is 0 Å². The van der Waals surface area contributed by atoms with Crippen LogP contribution in [-0.2, 0) is 4.79 Å². The van der Waals surface area contributed by atoms with Crippen molar-refractivity contribution in [3.63, 3.8) is 0 Å². The number of carbonyl (C=O) groups is 1. The molecule has 0 aromatic rings. The Hall–Kier alpha value is -0.610. The topological polar surface area (TPSA) is 66.6 Å². The van der Waals surface area contributed by atoms with E-state index >= 15 is 0 Å². The number of nitrogens with two attached hydrogens (primary N) is 1. The summed E-state index contributed by atoms with van der Waals surface area (Å²) in [4.78, 5) is 13.3. The van der Waals surface area contributed by atoms with Gasteiger partial charge in [0.25, 0.3) is 0 Å². The molecule has 80 valence electrons. The van der Waals surface area contributed by atoms with Gasteiger partial charge in [0.15, 0.2) is 0 Å². The predicted octanol–water partition coefficient (Wildman–Crippen LogP) is 0.273. The first-order chi connectivity index (χ1) is 6.74. The Morgan fingerprint density at radius 3 is 2.86 bits per heavy atom. The fraction of sp³-hybridized carbons (Fsp3) is 0.900. The lowest BCUT2D eigenvalue weighted by Crippen LogP contribution is -2.34. The third kappa shape index (κ3) is 1.53. The Labute approximate surface area is 84.1 Å². The molecule has 3 N–H and O–H groups in total. The van der Waals surface area contributed by atoms with Crippen LogP contribution in [0.2, 0.25) is 0 Å². The summed E-state index contributed by atoms with van der Waals surface area (Å²) in [5.74, 6) is -0.735. The van der Waals surface area contributed by atoms with Gasteiger partial charge in [0.05, 0.1) is 5.92 Å². The van der Waals surface area contributed by atoms with Gasteiger partial charge in [0.2, 0.25) is 0 Å². The number of carboxylic acids is 1. The number of fused-ring (bicyclic) bond motifs is 2. The Morgan fingerprint density at radius 2 is 2.29 bits per heavy atom. The third-order valence-electron chi connectivity index (χ3n) is 3.62. The van der Waals surface area contributed by atoms with Crippen LogP contribution < -0.4 is 5.73 Å². The lowest BCUT2D eigenvalue weighted by molar-refractivity contribution is -0.142. The van der Waals surface area contributed by atoms with E-state index in [0.717, 1.165) is 25.8 Å². The summed E-state index contributed by atoms with van der Waals surface area (Å²) in [5, 5.41) is 9.03. The monoisotopic (exact) mass is 198 g/mol. The van der Waals surface area contributed by atoms with Gasteiger partial charge in [0.1, 0.15) is 0 Å². The van der Waals surface area contributed by atoms with E-state index in [9.17, 15) is 4.79 Å². The van der Waals surface area contributed by atoms with E-state index in [-0.39, 0.29) is 5.92 Å². The molecule has 2 bridgehead atoms. The third-order valence-corrected chi connectivity index (χ3v) is 3.62. The molecule has 0 aromatic carbocycles. The van der Waals surface area contributed by atoms with Gasteiger partial charge in [-0.05, 0) is 38.8 Å². The van der Waals surface area contributed by atoms with E-state index in [1.165, 1.54) is 6.42 Å². The smallest absolute Gasteiger partial charge is 0.308 e. The van der Waals surface area contributed by atoms with Crippen molar-refractivity contribution in [3.8, 4) is 0 Å². The van der Waals surface area contributed by atoms with Crippen LogP contribution in [-0.4, -0.2) is 41.1 Å². The number of hydrogen-bond donors (Lipinski definition) is 2. The van der Waals surface area contributed by atoms with Gasteiger partial charge >= 0.3 is 5.97 Å². The second kappa shape index (κ2) is 3.87. The molecule has 0 radical (unpaired) electrons. The number of hydrogen-bond acceptors (Lipinski definition) is 3. The van der Waals surface area contributed by atoms with Crippen molar-refractivity contribution in [3.05, 3.63) is 0 Å². The highest BCUT2D eigenvalue weighted by Gasteiger charge is 2.48. The standard InChI is InChI=1S/C10H18N2O2/c11-4-1-5-12-7-2-3-9(12)8(6-7)10(13)14/h7-9H,1-6,11H2,(H,13,14). The number of rotatable bonds is 4. The molecule has 0 amide bonds. The van der Waals surface area contributed by atoms with Crippen LogP contribution >= 0.6 is 0 Å². The average molecular weight is 198 g/mol. The Kier molecular flexibility index (Phi) is 2.74. The molecule has 2 rings (SSSR count). The largest absolute Gasteiger partial charge is 0.481 e. The molecule has 0 aliphatic carbocycles. The van der Waals surface area contributed by atoms with Gasteiger partial charge in [-0.3, -0.25) is 9.69 Å². The van der Waals surface area contributed by atoms with Crippen LogP contribution in [0, 0.1) is 5.92 Å². The molecule has 2 aliphatic heterocycles. The fourth-order valence-corrected chi connectivity index (χ4v) is 2.99. The molecular formula is C10H18N2O2. The summed E-state index contributed by atoms with van der Waals surface area (Å²) in [6.07, 6.45) is 4.08. The highest BCUT2D eigenvalue weighted by molar-refractivity contribution is 5.71. The molecule has 2 saturated heterocycles. The lowest BCUT2D eigenvalue weighted by Gasteiger charge is -2.22. The van der Waals surface area contributed by atoms with E-state index in [4.69, 9.17) is 10.8 Å². The average Bonchev–Trinajstić information content (AvgIpc) is 2.71. The zero-order chi connectivity index (χ0) is 10.1. The fourth-order valence-electron chi connectivity index (χ4n) is 2.99. The molecule has 2 fully saturated rings. The molecule has 2 heterocycles. The van der Waals surface area contributed by atoms with Crippen molar-refractivity contribution in [2.45, 2.75) is 37.8 Å². The van der Waals surface area contributed by atoms with E-state index in [1.54, 1.807) is 0 Å². The van der Waals surface area contributed by atoms with Crippen LogP contribution in [0.3, 0.4) is 0 Å². The predicted molar refractivity (Wildman–Crippen MR) is 52.9 cm³/mol. The maximum atomic E-state index is 11.0. The van der Waals surface area contributed by atoms with Gasteiger partial charge in [-0.1, -0.05) is 0 Å². The summed E-state index contributed by atoms with van der Waals surface area (Å²) in [6.45, 7) is 1.68. The normalized spacial score (nSPS) is 36.5. The van der Waals surface area contributed by atoms with Gasteiger partial charge in [-0.15, -0.1) is 0 Å². The molecule has 0 aromatic heterocycles. The second-order valence-electron chi connectivity index (χ2n) is 4.36. The van der Waals surface area contributed by atoms with Crippen molar-refractivity contribution in [2.24, 2.45) is 11.7 Å². The summed E-state index contributed by atoms with van der Waals surface area (Å²) in [5.41, 5.74) is 5.47. The van der Waals surface area contributed by atoms with Gasteiger partial charge in [-0.2, -0.15) is 0 Å². The van der Waals surface area contributed by atoms with E-state index in [2.05, 4.69) is 4.90 Å². The maximum Gasteiger partial charge on any atom is 0.308 e. The number of carboxylic acid groups (broad SMARTS) is 1. The van der Waals surface area contributed by atoms with Crippen molar-refractivity contribution in [1.29, 1.82) is 0 Å². The van der Waals surface area contributed by atoms with Crippen LogP contribution in [0.5, 0.6) is 0 Å². The van der Waals surface area contributed by atoms with E-state index in [0.29, 0.717) is 18.6 Å². The number of aliphatic carboxylic acids is 1. The van der Waals surface area contributed by atoms with Crippen molar-refractivity contribution in [2.75, 3.05) is 13.1 Å². The molecule has 4 nitrogen and oxygen atoms in total. The van der Waals surface area contributed by atoms with E-state index < -0.39 is 5.97 Å². The van der Waals surface area contributed by atoms with Gasteiger partial charge in [0, 0.05) is 12.1 Å². The van der Waals surface area contributed by atoms with Crippen LogP contribution in [0.15, 0.2) is 0 Å². The first kappa shape index (κ1) is 9.93. The van der Waals surface area contributed by atoms with Crippen LogP contribution in [0.1, 0.15) is 25.7 Å². The Balaban J connectivity index is 1.97. The zero-order valence-electron chi connectivity index (χ0n) is 8.35. The zero-order valence-corrected chi connectivity index (χ0v) is 8.35. The summed E-state index contributed by atoms with van der Waals surface area (Å²) >= 11 is 0. The molecule has 2 aliphatic rings. The minimum Gasteiger partial charge on any atom is -0.481 e.